The van der Waals surface area contributed by atoms with Gasteiger partial charge in [-0.25, -0.2) is 8.42 Å². The topological polar surface area (TPSA) is 105 Å². The van der Waals surface area contributed by atoms with Gasteiger partial charge in [0, 0.05) is 31.8 Å². The normalized spacial score (nSPS) is 21.1. The lowest BCUT2D eigenvalue weighted by Crippen LogP contribution is -2.41. The second kappa shape index (κ2) is 9.49. The molecule has 0 aliphatic carbocycles. The van der Waals surface area contributed by atoms with Gasteiger partial charge in [-0.1, -0.05) is 18.5 Å². The number of likely N-dealkylation sites (tertiary alicyclic amines) is 1. The largest absolute Gasteiger partial charge is 0.352 e. The Balaban J connectivity index is 0.00000312. The standard InChI is InChI=1S/C15H26N4O4S.ClH/c1-4-5-12-8-19(10-15-16-11(2)18-23-15)9-13(12)17-14(20)6-7-24(3,21)22;/h12-13H,4-10H2,1-3H3,(H,17,20);1H/t12-,13-;/m0./s1. The maximum Gasteiger partial charge on any atom is 0.240 e. The predicted molar refractivity (Wildman–Crippen MR) is 96.2 cm³/mol. The number of sulfone groups is 1. The highest BCUT2D eigenvalue weighted by atomic mass is 35.5. The highest BCUT2D eigenvalue weighted by molar-refractivity contribution is 7.90. The third kappa shape index (κ3) is 7.29. The van der Waals surface area contributed by atoms with Gasteiger partial charge in [-0.05, 0) is 19.3 Å². The van der Waals surface area contributed by atoms with Gasteiger partial charge in [-0.15, -0.1) is 12.4 Å². The summed E-state index contributed by atoms with van der Waals surface area (Å²) in [5, 5.41) is 6.79. The van der Waals surface area contributed by atoms with Crippen LogP contribution in [0.3, 0.4) is 0 Å². The smallest absolute Gasteiger partial charge is 0.240 e. The minimum Gasteiger partial charge on any atom is -0.352 e. The maximum atomic E-state index is 12.0. The van der Waals surface area contributed by atoms with E-state index in [0.717, 1.165) is 25.6 Å². The van der Waals surface area contributed by atoms with Gasteiger partial charge >= 0.3 is 0 Å². The molecule has 1 amide bonds. The van der Waals surface area contributed by atoms with Gasteiger partial charge < -0.3 is 9.84 Å². The minimum absolute atomic E-state index is 0. The average molecular weight is 395 g/mol. The molecule has 0 spiro atoms. The van der Waals surface area contributed by atoms with Crippen LogP contribution in [-0.4, -0.2) is 60.5 Å². The summed E-state index contributed by atoms with van der Waals surface area (Å²) in [7, 11) is -3.12. The Kier molecular flexibility index (Phi) is 8.30. The van der Waals surface area contributed by atoms with Crippen molar-refractivity contribution < 1.29 is 17.7 Å². The van der Waals surface area contributed by atoms with Crippen LogP contribution >= 0.6 is 12.4 Å². The van der Waals surface area contributed by atoms with Crippen molar-refractivity contribution in [2.45, 2.75) is 45.7 Å². The van der Waals surface area contributed by atoms with Crippen molar-refractivity contribution in [2.24, 2.45) is 5.92 Å². The summed E-state index contributed by atoms with van der Waals surface area (Å²) in [6, 6.07) is 0.0287. The Morgan fingerprint density at radius 2 is 2.12 bits per heavy atom. The van der Waals surface area contributed by atoms with Crippen LogP contribution in [0.25, 0.3) is 0 Å². The Morgan fingerprint density at radius 3 is 2.68 bits per heavy atom. The fourth-order valence-corrected chi connectivity index (χ4v) is 3.63. The van der Waals surface area contributed by atoms with Crippen molar-refractivity contribution in [3.63, 3.8) is 0 Å². The molecule has 1 aliphatic heterocycles. The zero-order valence-corrected chi connectivity index (χ0v) is 16.5. The van der Waals surface area contributed by atoms with E-state index in [1.807, 2.05) is 0 Å². The van der Waals surface area contributed by atoms with Crippen LogP contribution < -0.4 is 5.32 Å². The molecule has 0 saturated carbocycles. The number of carbonyl (C=O) groups is 1. The zero-order chi connectivity index (χ0) is 17.7. The molecule has 10 heteroatoms. The van der Waals surface area contributed by atoms with Crippen molar-refractivity contribution in [1.29, 1.82) is 0 Å². The Bertz CT molecular complexity index is 664. The van der Waals surface area contributed by atoms with Crippen LogP contribution in [0.15, 0.2) is 4.52 Å². The Hall–Kier alpha value is -1.19. The van der Waals surface area contributed by atoms with E-state index < -0.39 is 9.84 Å². The highest BCUT2D eigenvalue weighted by Crippen LogP contribution is 2.23. The number of halogens is 1. The van der Waals surface area contributed by atoms with Gasteiger partial charge in [0.2, 0.25) is 11.8 Å². The summed E-state index contributed by atoms with van der Waals surface area (Å²) < 4.78 is 27.5. The van der Waals surface area contributed by atoms with E-state index in [1.165, 1.54) is 0 Å². The molecule has 2 atom stereocenters. The first-order valence-electron chi connectivity index (χ1n) is 8.25. The number of aryl methyl sites for hydroxylation is 1. The molecule has 0 radical (unpaired) electrons. The summed E-state index contributed by atoms with van der Waals surface area (Å²) in [6.45, 7) is 6.02. The second-order valence-corrected chi connectivity index (χ2v) is 8.79. The van der Waals surface area contributed by atoms with Gasteiger partial charge in [0.15, 0.2) is 5.82 Å². The molecular weight excluding hydrogens is 368 g/mol. The van der Waals surface area contributed by atoms with E-state index in [0.29, 0.717) is 30.7 Å². The number of nitrogens with one attached hydrogen (secondary N) is 1. The quantitative estimate of drug-likeness (QED) is 0.699. The van der Waals surface area contributed by atoms with E-state index in [1.54, 1.807) is 6.92 Å². The minimum atomic E-state index is -3.12. The van der Waals surface area contributed by atoms with E-state index in [-0.39, 0.29) is 36.5 Å². The Labute approximate surface area is 155 Å². The van der Waals surface area contributed by atoms with Crippen molar-refractivity contribution in [2.75, 3.05) is 25.1 Å². The molecule has 1 N–H and O–H groups in total. The monoisotopic (exact) mass is 394 g/mol. The van der Waals surface area contributed by atoms with E-state index in [4.69, 9.17) is 4.52 Å². The molecule has 144 valence electrons. The van der Waals surface area contributed by atoms with E-state index >= 15 is 0 Å². The van der Waals surface area contributed by atoms with Crippen LogP contribution in [0.1, 0.15) is 37.9 Å². The van der Waals surface area contributed by atoms with Crippen molar-refractivity contribution >= 4 is 28.2 Å². The van der Waals surface area contributed by atoms with Crippen LogP contribution in [-0.2, 0) is 21.2 Å². The lowest BCUT2D eigenvalue weighted by molar-refractivity contribution is -0.121. The molecule has 1 aromatic heterocycles. The maximum absolute atomic E-state index is 12.0. The van der Waals surface area contributed by atoms with Crippen LogP contribution in [0.4, 0.5) is 0 Å². The molecule has 1 fully saturated rings. The first-order chi connectivity index (χ1) is 11.3. The summed E-state index contributed by atoms with van der Waals surface area (Å²) in [5.41, 5.74) is 0. The third-order valence-corrected chi connectivity index (χ3v) is 5.10. The number of rotatable bonds is 8. The van der Waals surface area contributed by atoms with E-state index in [2.05, 4.69) is 27.3 Å². The number of hydrogen-bond acceptors (Lipinski definition) is 7. The van der Waals surface area contributed by atoms with Crippen LogP contribution in [0.5, 0.6) is 0 Å². The highest BCUT2D eigenvalue weighted by Gasteiger charge is 2.33. The van der Waals surface area contributed by atoms with Gasteiger partial charge in [0.05, 0.1) is 12.3 Å². The van der Waals surface area contributed by atoms with Crippen molar-refractivity contribution in [1.82, 2.24) is 20.4 Å². The van der Waals surface area contributed by atoms with Gasteiger partial charge in [-0.2, -0.15) is 4.98 Å². The number of nitrogens with zero attached hydrogens (tertiary/aromatic N) is 3. The second-order valence-electron chi connectivity index (χ2n) is 6.53. The van der Waals surface area contributed by atoms with Gasteiger partial charge in [0.25, 0.3) is 0 Å². The lowest BCUT2D eigenvalue weighted by Gasteiger charge is -2.19. The molecule has 0 aromatic carbocycles. The first kappa shape index (κ1) is 21.9. The third-order valence-electron chi connectivity index (χ3n) is 4.15. The molecule has 2 heterocycles. The molecule has 8 nitrogen and oxygen atoms in total. The van der Waals surface area contributed by atoms with Gasteiger partial charge in [0.1, 0.15) is 9.84 Å². The predicted octanol–water partition coefficient (Wildman–Crippen LogP) is 0.951. The Morgan fingerprint density at radius 1 is 1.40 bits per heavy atom. The molecule has 1 aromatic rings. The number of aromatic nitrogens is 2. The average Bonchev–Trinajstić information content (AvgIpc) is 3.04. The molecule has 1 saturated heterocycles. The number of hydrogen-bond donors (Lipinski definition) is 1. The summed E-state index contributed by atoms with van der Waals surface area (Å²) >= 11 is 0. The summed E-state index contributed by atoms with van der Waals surface area (Å²) in [6.07, 6.45) is 3.20. The fraction of sp³-hybridized carbons (Fsp3) is 0.800. The van der Waals surface area contributed by atoms with Crippen LogP contribution in [0, 0.1) is 12.8 Å². The molecule has 1 aliphatic rings. The zero-order valence-electron chi connectivity index (χ0n) is 14.9. The number of amides is 1. The summed E-state index contributed by atoms with van der Waals surface area (Å²) in [4.78, 5) is 18.4. The van der Waals surface area contributed by atoms with Crippen molar-refractivity contribution in [3.05, 3.63) is 11.7 Å². The van der Waals surface area contributed by atoms with Crippen molar-refractivity contribution in [3.8, 4) is 0 Å². The van der Waals surface area contributed by atoms with E-state index in [9.17, 15) is 13.2 Å². The van der Waals surface area contributed by atoms with Gasteiger partial charge in [-0.3, -0.25) is 9.69 Å². The molecule has 25 heavy (non-hydrogen) atoms. The molecular formula is C15H27ClN4O4S. The molecule has 2 rings (SSSR count). The lowest BCUT2D eigenvalue weighted by atomic mass is 9.98. The van der Waals surface area contributed by atoms with Crippen LogP contribution in [0.2, 0.25) is 0 Å². The number of carbonyl (C=O) groups excluding carboxylic acids is 1. The molecule has 0 bridgehead atoms. The SMILES string of the molecule is CCC[C@H]1CN(Cc2nc(C)no2)C[C@@H]1NC(=O)CCS(C)(=O)=O.Cl. The first-order valence-corrected chi connectivity index (χ1v) is 10.3. The fourth-order valence-electron chi connectivity index (χ4n) is 3.07. The molecule has 0 unspecified atom stereocenters. The summed E-state index contributed by atoms with van der Waals surface area (Å²) in [5.74, 6) is 1.21.